The molecule has 0 aliphatic heterocycles. The van der Waals surface area contributed by atoms with Crippen molar-refractivity contribution in [2.24, 2.45) is 0 Å². The van der Waals surface area contributed by atoms with Crippen molar-refractivity contribution in [3.05, 3.63) is 47.5 Å². The summed E-state index contributed by atoms with van der Waals surface area (Å²) in [7, 11) is 0. The molecule has 0 amide bonds. The summed E-state index contributed by atoms with van der Waals surface area (Å²) in [5, 5.41) is 0. The maximum atomic E-state index is 11.9. The molecular weight excluding hydrogens is 244 g/mol. The average molecular weight is 262 g/mol. The summed E-state index contributed by atoms with van der Waals surface area (Å²) >= 11 is 0. The Morgan fingerprint density at radius 3 is 2.37 bits per heavy atom. The Morgan fingerprint density at radius 1 is 1.16 bits per heavy atom. The van der Waals surface area contributed by atoms with Gasteiger partial charge in [0.05, 0.1) is 24.3 Å². The molecule has 0 heterocycles. The van der Waals surface area contributed by atoms with Gasteiger partial charge in [0.15, 0.2) is 0 Å². The quantitative estimate of drug-likeness (QED) is 0.584. The third kappa shape index (κ3) is 3.95. The lowest BCUT2D eigenvalue weighted by atomic mass is 10.0. The smallest absolute Gasteiger partial charge is 0.338 e. The minimum Gasteiger partial charge on any atom is -0.462 e. The Labute approximate surface area is 113 Å². The number of allylic oxidation sites excluding steroid dienone is 1. The van der Waals surface area contributed by atoms with Crippen molar-refractivity contribution in [3.63, 3.8) is 0 Å². The Kier molecular flexibility index (Phi) is 5.79. The first kappa shape index (κ1) is 15.0. The van der Waals surface area contributed by atoms with Gasteiger partial charge in [-0.05, 0) is 38.0 Å². The van der Waals surface area contributed by atoms with E-state index in [0.29, 0.717) is 24.2 Å². The predicted octanol–water partition coefficient (Wildman–Crippen LogP) is 2.77. The number of hydrogen-bond donors (Lipinski definition) is 0. The van der Waals surface area contributed by atoms with Crippen LogP contribution in [0.2, 0.25) is 0 Å². The molecule has 0 unspecified atom stereocenters. The van der Waals surface area contributed by atoms with Gasteiger partial charge in [0.2, 0.25) is 0 Å². The van der Waals surface area contributed by atoms with Crippen LogP contribution in [-0.4, -0.2) is 25.2 Å². The van der Waals surface area contributed by atoms with E-state index in [-0.39, 0.29) is 6.61 Å². The zero-order chi connectivity index (χ0) is 14.3. The van der Waals surface area contributed by atoms with E-state index in [1.807, 2.05) is 0 Å². The van der Waals surface area contributed by atoms with Gasteiger partial charge in [0.25, 0.3) is 0 Å². The van der Waals surface area contributed by atoms with Gasteiger partial charge in [-0.1, -0.05) is 12.1 Å². The summed E-state index contributed by atoms with van der Waals surface area (Å²) in [4.78, 5) is 23.5. The van der Waals surface area contributed by atoms with Crippen LogP contribution in [0.3, 0.4) is 0 Å². The standard InChI is InChI=1S/C15H18O4/c1-4-7-11-8-9-12(14(16)18-5-2)10-13(11)15(17)19-6-3/h4,8-10H,1,5-7H2,2-3H3. The molecule has 0 saturated carbocycles. The molecule has 19 heavy (non-hydrogen) atoms. The first-order chi connectivity index (χ1) is 9.13. The molecule has 0 fully saturated rings. The molecule has 1 aromatic carbocycles. The van der Waals surface area contributed by atoms with Crippen molar-refractivity contribution in [1.82, 2.24) is 0 Å². The molecule has 0 radical (unpaired) electrons. The number of carbonyl (C=O) groups excluding carboxylic acids is 2. The second kappa shape index (κ2) is 7.36. The summed E-state index contributed by atoms with van der Waals surface area (Å²) in [6.07, 6.45) is 2.24. The van der Waals surface area contributed by atoms with Crippen LogP contribution in [0.15, 0.2) is 30.9 Å². The van der Waals surface area contributed by atoms with Crippen LogP contribution in [-0.2, 0) is 15.9 Å². The zero-order valence-corrected chi connectivity index (χ0v) is 11.3. The van der Waals surface area contributed by atoms with E-state index in [9.17, 15) is 9.59 Å². The predicted molar refractivity (Wildman–Crippen MR) is 72.3 cm³/mol. The number of esters is 2. The van der Waals surface area contributed by atoms with E-state index in [4.69, 9.17) is 9.47 Å². The molecular formula is C15H18O4. The molecule has 0 aliphatic carbocycles. The highest BCUT2D eigenvalue weighted by Crippen LogP contribution is 2.16. The van der Waals surface area contributed by atoms with E-state index < -0.39 is 11.9 Å². The lowest BCUT2D eigenvalue weighted by Crippen LogP contribution is -2.11. The fraction of sp³-hybridized carbons (Fsp3) is 0.333. The zero-order valence-electron chi connectivity index (χ0n) is 11.3. The molecule has 102 valence electrons. The monoisotopic (exact) mass is 262 g/mol. The third-order valence-electron chi connectivity index (χ3n) is 2.48. The maximum Gasteiger partial charge on any atom is 0.338 e. The van der Waals surface area contributed by atoms with Gasteiger partial charge in [0.1, 0.15) is 0 Å². The van der Waals surface area contributed by atoms with Crippen molar-refractivity contribution < 1.29 is 19.1 Å². The second-order valence-corrected chi connectivity index (χ2v) is 3.81. The molecule has 0 N–H and O–H groups in total. The normalized spacial score (nSPS) is 9.79. The highest BCUT2D eigenvalue weighted by molar-refractivity contribution is 5.96. The lowest BCUT2D eigenvalue weighted by molar-refractivity contribution is 0.0524. The largest absolute Gasteiger partial charge is 0.462 e. The summed E-state index contributed by atoms with van der Waals surface area (Å²) in [5.41, 5.74) is 1.51. The highest BCUT2D eigenvalue weighted by Gasteiger charge is 2.16. The minimum atomic E-state index is -0.446. The SMILES string of the molecule is C=CCc1ccc(C(=O)OCC)cc1C(=O)OCC. The van der Waals surface area contributed by atoms with Crippen molar-refractivity contribution in [1.29, 1.82) is 0 Å². The molecule has 0 saturated heterocycles. The van der Waals surface area contributed by atoms with Gasteiger partial charge in [-0.2, -0.15) is 0 Å². The van der Waals surface area contributed by atoms with Gasteiger partial charge >= 0.3 is 11.9 Å². The van der Waals surface area contributed by atoms with Crippen molar-refractivity contribution >= 4 is 11.9 Å². The Balaban J connectivity index is 3.13. The summed E-state index contributed by atoms with van der Waals surface area (Å²) in [6, 6.07) is 4.87. The Hall–Kier alpha value is -2.10. The van der Waals surface area contributed by atoms with Crippen LogP contribution in [0.25, 0.3) is 0 Å². The van der Waals surface area contributed by atoms with Crippen molar-refractivity contribution in [3.8, 4) is 0 Å². The molecule has 4 nitrogen and oxygen atoms in total. The Bertz CT molecular complexity index is 477. The van der Waals surface area contributed by atoms with Crippen LogP contribution < -0.4 is 0 Å². The topological polar surface area (TPSA) is 52.6 Å². The molecule has 0 spiro atoms. The van der Waals surface area contributed by atoms with E-state index >= 15 is 0 Å². The molecule has 1 rings (SSSR count). The van der Waals surface area contributed by atoms with Gasteiger partial charge in [0, 0.05) is 0 Å². The summed E-state index contributed by atoms with van der Waals surface area (Å²) in [6.45, 7) is 7.70. The minimum absolute atomic E-state index is 0.288. The average Bonchev–Trinajstić information content (AvgIpc) is 2.40. The first-order valence-electron chi connectivity index (χ1n) is 6.22. The summed E-state index contributed by atoms with van der Waals surface area (Å²) in [5.74, 6) is -0.885. The van der Waals surface area contributed by atoms with Crippen molar-refractivity contribution in [2.75, 3.05) is 13.2 Å². The number of ether oxygens (including phenoxy) is 2. The first-order valence-corrected chi connectivity index (χ1v) is 6.22. The summed E-state index contributed by atoms with van der Waals surface area (Å²) < 4.78 is 9.90. The molecule has 1 aromatic rings. The molecule has 0 bridgehead atoms. The van der Waals surface area contributed by atoms with Crippen molar-refractivity contribution in [2.45, 2.75) is 20.3 Å². The molecule has 0 atom stereocenters. The van der Waals surface area contributed by atoms with E-state index in [0.717, 1.165) is 5.56 Å². The van der Waals surface area contributed by atoms with E-state index in [2.05, 4.69) is 6.58 Å². The highest BCUT2D eigenvalue weighted by atomic mass is 16.5. The van der Waals surface area contributed by atoms with Crippen LogP contribution >= 0.6 is 0 Å². The molecule has 0 aromatic heterocycles. The molecule has 0 aliphatic rings. The van der Waals surface area contributed by atoms with E-state index in [1.165, 1.54) is 6.07 Å². The Morgan fingerprint density at radius 2 is 1.79 bits per heavy atom. The maximum absolute atomic E-state index is 11.9. The number of carbonyl (C=O) groups is 2. The fourth-order valence-corrected chi connectivity index (χ4v) is 1.65. The second-order valence-electron chi connectivity index (χ2n) is 3.81. The third-order valence-corrected chi connectivity index (χ3v) is 2.48. The van der Waals surface area contributed by atoms with Gasteiger partial charge < -0.3 is 9.47 Å². The fourth-order valence-electron chi connectivity index (χ4n) is 1.65. The van der Waals surface area contributed by atoms with Gasteiger partial charge in [-0.15, -0.1) is 6.58 Å². The van der Waals surface area contributed by atoms with Crippen LogP contribution in [0.5, 0.6) is 0 Å². The van der Waals surface area contributed by atoms with Crippen LogP contribution in [0, 0.1) is 0 Å². The van der Waals surface area contributed by atoms with Crippen LogP contribution in [0.1, 0.15) is 40.1 Å². The number of hydrogen-bond acceptors (Lipinski definition) is 4. The van der Waals surface area contributed by atoms with Crippen LogP contribution in [0.4, 0.5) is 0 Å². The number of benzene rings is 1. The van der Waals surface area contributed by atoms with E-state index in [1.54, 1.807) is 32.1 Å². The van der Waals surface area contributed by atoms with Gasteiger partial charge in [-0.25, -0.2) is 9.59 Å². The lowest BCUT2D eigenvalue weighted by Gasteiger charge is -2.09. The molecule has 4 heteroatoms. The van der Waals surface area contributed by atoms with Gasteiger partial charge in [-0.3, -0.25) is 0 Å². The number of rotatable bonds is 6.